The maximum atomic E-state index is 13.3. The molecule has 2 rings (SSSR count). The second kappa shape index (κ2) is 4.78. The molecule has 0 aromatic heterocycles. The fourth-order valence-corrected chi connectivity index (χ4v) is 1.90. The van der Waals surface area contributed by atoms with Gasteiger partial charge in [0.25, 0.3) is 0 Å². The van der Waals surface area contributed by atoms with E-state index in [0.29, 0.717) is 6.61 Å². The summed E-state index contributed by atoms with van der Waals surface area (Å²) in [6.07, 6.45) is 1.85. The van der Waals surface area contributed by atoms with Crippen LogP contribution in [0.3, 0.4) is 0 Å². The summed E-state index contributed by atoms with van der Waals surface area (Å²) in [7, 11) is 0. The summed E-state index contributed by atoms with van der Waals surface area (Å²) in [5, 5.41) is 2.87. The van der Waals surface area contributed by atoms with Crippen molar-refractivity contribution >= 4 is 5.69 Å². The zero-order valence-electron chi connectivity index (χ0n) is 9.17. The Morgan fingerprint density at radius 1 is 1.31 bits per heavy atom. The van der Waals surface area contributed by atoms with Crippen LogP contribution in [0.4, 0.5) is 14.5 Å². The quantitative estimate of drug-likeness (QED) is 0.853. The molecule has 1 saturated carbocycles. The van der Waals surface area contributed by atoms with Crippen LogP contribution in [0.5, 0.6) is 0 Å². The summed E-state index contributed by atoms with van der Waals surface area (Å²) >= 11 is 0. The Labute approximate surface area is 93.6 Å². The molecule has 1 N–H and O–H groups in total. The first-order valence-corrected chi connectivity index (χ1v) is 5.53. The number of benzene rings is 1. The molecule has 1 fully saturated rings. The van der Waals surface area contributed by atoms with Gasteiger partial charge in [-0.05, 0) is 31.9 Å². The molecule has 0 heterocycles. The zero-order valence-corrected chi connectivity index (χ0v) is 9.17. The zero-order chi connectivity index (χ0) is 11.5. The third-order valence-electron chi connectivity index (χ3n) is 2.81. The first-order chi connectivity index (χ1) is 7.70. The van der Waals surface area contributed by atoms with E-state index in [9.17, 15) is 8.78 Å². The van der Waals surface area contributed by atoms with Crippen molar-refractivity contribution < 1.29 is 13.5 Å². The lowest BCUT2D eigenvalue weighted by Crippen LogP contribution is -2.41. The number of hydrogen-bond donors (Lipinski definition) is 1. The highest BCUT2D eigenvalue weighted by Crippen LogP contribution is 2.28. The highest BCUT2D eigenvalue weighted by Gasteiger charge is 2.30. The number of para-hydroxylation sites is 1. The molecule has 88 valence electrons. The molecule has 0 unspecified atom stereocenters. The number of nitrogens with one attached hydrogen (secondary N) is 1. The summed E-state index contributed by atoms with van der Waals surface area (Å²) in [6.45, 7) is 2.63. The van der Waals surface area contributed by atoms with Crippen LogP contribution in [0.25, 0.3) is 0 Å². The molecular formula is C12H15F2NO. The minimum atomic E-state index is -0.542. The molecule has 4 heteroatoms. The third kappa shape index (κ3) is 2.32. The van der Waals surface area contributed by atoms with Gasteiger partial charge in [0.2, 0.25) is 0 Å². The number of ether oxygens (including phenoxy) is 1. The van der Waals surface area contributed by atoms with E-state index in [1.165, 1.54) is 18.2 Å². The minimum absolute atomic E-state index is 0.0255. The molecule has 0 radical (unpaired) electrons. The second-order valence-corrected chi connectivity index (χ2v) is 3.99. The molecule has 2 nitrogen and oxygen atoms in total. The van der Waals surface area contributed by atoms with Gasteiger partial charge in [0.1, 0.15) is 17.3 Å². The van der Waals surface area contributed by atoms with Crippen LogP contribution >= 0.6 is 0 Å². The molecule has 1 aliphatic rings. The van der Waals surface area contributed by atoms with Crippen LogP contribution in [0.1, 0.15) is 19.8 Å². The van der Waals surface area contributed by atoms with Crippen molar-refractivity contribution in [3.63, 3.8) is 0 Å². The number of rotatable bonds is 4. The summed E-state index contributed by atoms with van der Waals surface area (Å²) in [6, 6.07) is 3.98. The molecule has 0 bridgehead atoms. The van der Waals surface area contributed by atoms with Gasteiger partial charge < -0.3 is 10.1 Å². The first-order valence-electron chi connectivity index (χ1n) is 5.53. The van der Waals surface area contributed by atoms with Gasteiger partial charge >= 0.3 is 0 Å². The molecule has 1 aliphatic carbocycles. The summed E-state index contributed by atoms with van der Waals surface area (Å²) in [4.78, 5) is 0. The molecule has 16 heavy (non-hydrogen) atoms. The van der Waals surface area contributed by atoms with E-state index >= 15 is 0 Å². The smallest absolute Gasteiger partial charge is 0.149 e. The SMILES string of the molecule is CCOC1CC(Nc2c(F)cccc2F)C1. The van der Waals surface area contributed by atoms with Crippen molar-refractivity contribution in [1.82, 2.24) is 0 Å². The molecular weight excluding hydrogens is 212 g/mol. The van der Waals surface area contributed by atoms with E-state index in [-0.39, 0.29) is 17.8 Å². The van der Waals surface area contributed by atoms with Crippen LogP contribution in [0, 0.1) is 11.6 Å². The maximum Gasteiger partial charge on any atom is 0.149 e. The Kier molecular flexibility index (Phi) is 3.39. The van der Waals surface area contributed by atoms with E-state index in [1.54, 1.807) is 0 Å². The average Bonchev–Trinajstić information content (AvgIpc) is 2.19. The largest absolute Gasteiger partial charge is 0.378 e. The van der Waals surface area contributed by atoms with Gasteiger partial charge in [-0.3, -0.25) is 0 Å². The van der Waals surface area contributed by atoms with Crippen molar-refractivity contribution in [3.8, 4) is 0 Å². The van der Waals surface area contributed by atoms with E-state index in [0.717, 1.165) is 12.8 Å². The Balaban J connectivity index is 1.91. The standard InChI is InChI=1S/C12H15F2NO/c1-2-16-9-6-8(7-9)15-12-10(13)4-3-5-11(12)14/h3-5,8-9,15H,2,6-7H2,1H3. The first kappa shape index (κ1) is 11.3. The summed E-state index contributed by atoms with van der Waals surface area (Å²) < 4.78 is 31.9. The monoisotopic (exact) mass is 227 g/mol. The Morgan fingerprint density at radius 3 is 2.50 bits per heavy atom. The molecule has 0 atom stereocenters. The number of anilines is 1. The second-order valence-electron chi connectivity index (χ2n) is 3.99. The van der Waals surface area contributed by atoms with E-state index in [2.05, 4.69) is 5.32 Å². The third-order valence-corrected chi connectivity index (χ3v) is 2.81. The van der Waals surface area contributed by atoms with Gasteiger partial charge in [0, 0.05) is 12.6 Å². The maximum absolute atomic E-state index is 13.3. The fraction of sp³-hybridized carbons (Fsp3) is 0.500. The normalized spacial score (nSPS) is 23.9. The van der Waals surface area contributed by atoms with Crippen molar-refractivity contribution in [2.24, 2.45) is 0 Å². The minimum Gasteiger partial charge on any atom is -0.378 e. The lowest BCUT2D eigenvalue weighted by atomic mass is 9.89. The van der Waals surface area contributed by atoms with Gasteiger partial charge in [-0.2, -0.15) is 0 Å². The van der Waals surface area contributed by atoms with Gasteiger partial charge in [-0.15, -0.1) is 0 Å². The van der Waals surface area contributed by atoms with Gasteiger partial charge in [0.05, 0.1) is 6.10 Å². The Bertz CT molecular complexity index is 344. The molecule has 0 amide bonds. The lowest BCUT2D eigenvalue weighted by molar-refractivity contribution is 0.00286. The number of hydrogen-bond acceptors (Lipinski definition) is 2. The van der Waals surface area contributed by atoms with Crippen LogP contribution in [-0.2, 0) is 4.74 Å². The predicted molar refractivity (Wildman–Crippen MR) is 58.4 cm³/mol. The molecule has 0 spiro atoms. The van der Waals surface area contributed by atoms with Crippen LogP contribution in [0.15, 0.2) is 18.2 Å². The van der Waals surface area contributed by atoms with Crippen molar-refractivity contribution in [2.75, 3.05) is 11.9 Å². The Morgan fingerprint density at radius 2 is 1.94 bits per heavy atom. The lowest BCUT2D eigenvalue weighted by Gasteiger charge is -2.36. The molecule has 0 saturated heterocycles. The summed E-state index contributed by atoms with van der Waals surface area (Å²) in [5.41, 5.74) is -0.0255. The molecule has 1 aromatic carbocycles. The average molecular weight is 227 g/mol. The summed E-state index contributed by atoms with van der Waals surface area (Å²) in [5.74, 6) is -1.08. The van der Waals surface area contributed by atoms with Crippen molar-refractivity contribution in [1.29, 1.82) is 0 Å². The van der Waals surface area contributed by atoms with Gasteiger partial charge in [-0.25, -0.2) is 8.78 Å². The predicted octanol–water partition coefficient (Wildman–Crippen LogP) is 2.94. The highest BCUT2D eigenvalue weighted by molar-refractivity contribution is 5.47. The van der Waals surface area contributed by atoms with Crippen molar-refractivity contribution in [3.05, 3.63) is 29.8 Å². The highest BCUT2D eigenvalue weighted by atomic mass is 19.1. The van der Waals surface area contributed by atoms with E-state index in [1.807, 2.05) is 6.92 Å². The van der Waals surface area contributed by atoms with E-state index < -0.39 is 11.6 Å². The molecule has 0 aliphatic heterocycles. The Hall–Kier alpha value is -1.16. The van der Waals surface area contributed by atoms with Gasteiger partial charge in [-0.1, -0.05) is 6.07 Å². The fourth-order valence-electron chi connectivity index (χ4n) is 1.90. The topological polar surface area (TPSA) is 21.3 Å². The van der Waals surface area contributed by atoms with Crippen LogP contribution < -0.4 is 5.32 Å². The molecule has 1 aromatic rings. The van der Waals surface area contributed by atoms with Gasteiger partial charge in [0.15, 0.2) is 0 Å². The van der Waals surface area contributed by atoms with Crippen molar-refractivity contribution in [2.45, 2.75) is 31.9 Å². The van der Waals surface area contributed by atoms with Crippen LogP contribution in [-0.4, -0.2) is 18.8 Å². The van der Waals surface area contributed by atoms with Crippen LogP contribution in [0.2, 0.25) is 0 Å². The number of halogens is 2. The van der Waals surface area contributed by atoms with E-state index in [4.69, 9.17) is 4.74 Å².